The Morgan fingerprint density at radius 1 is 1.22 bits per heavy atom. The van der Waals surface area contributed by atoms with Crippen molar-refractivity contribution >= 4 is 5.96 Å². The Bertz CT molecular complexity index is 565. The fourth-order valence-electron chi connectivity index (χ4n) is 4.28. The number of ether oxygens (including phenoxy) is 1. The number of aliphatic imine (C=N–C) groups is 1. The van der Waals surface area contributed by atoms with E-state index in [9.17, 15) is 0 Å². The van der Waals surface area contributed by atoms with Crippen LogP contribution in [0.5, 0.6) is 0 Å². The van der Waals surface area contributed by atoms with Crippen molar-refractivity contribution in [2.45, 2.75) is 38.1 Å². The lowest BCUT2D eigenvalue weighted by molar-refractivity contribution is 0.0625. The lowest BCUT2D eigenvalue weighted by Crippen LogP contribution is -2.44. The van der Waals surface area contributed by atoms with Gasteiger partial charge in [-0.1, -0.05) is 30.3 Å². The highest BCUT2D eigenvalue weighted by molar-refractivity contribution is 5.79. The minimum absolute atomic E-state index is 0.411. The number of benzene rings is 1. The Hall–Kier alpha value is -1.59. The average Bonchev–Trinajstić information content (AvgIpc) is 3.25. The summed E-state index contributed by atoms with van der Waals surface area (Å²) >= 11 is 0. The van der Waals surface area contributed by atoms with Gasteiger partial charge in [0.2, 0.25) is 0 Å². The van der Waals surface area contributed by atoms with E-state index in [0.29, 0.717) is 6.04 Å². The molecule has 5 nitrogen and oxygen atoms in total. The number of nitrogens with one attached hydrogen (secondary N) is 1. The molecule has 1 unspecified atom stereocenters. The summed E-state index contributed by atoms with van der Waals surface area (Å²) in [7, 11) is 4.04. The van der Waals surface area contributed by atoms with Gasteiger partial charge in [0.25, 0.3) is 0 Å². The molecule has 2 fully saturated rings. The summed E-state index contributed by atoms with van der Waals surface area (Å²) in [6.07, 6.45) is 6.23. The highest BCUT2D eigenvalue weighted by Crippen LogP contribution is 2.24. The van der Waals surface area contributed by atoms with Gasteiger partial charge in [0.15, 0.2) is 5.96 Å². The molecule has 2 aliphatic heterocycles. The molecule has 0 amide bonds. The van der Waals surface area contributed by atoms with Crippen LogP contribution >= 0.6 is 0 Å². The molecule has 0 bridgehead atoms. The Labute approximate surface area is 164 Å². The minimum atomic E-state index is 0.411. The van der Waals surface area contributed by atoms with E-state index in [0.717, 1.165) is 38.2 Å². The lowest BCUT2D eigenvalue weighted by atomic mass is 9.96. The van der Waals surface area contributed by atoms with Crippen LogP contribution in [-0.4, -0.2) is 69.2 Å². The van der Waals surface area contributed by atoms with Gasteiger partial charge in [0.05, 0.1) is 6.04 Å². The van der Waals surface area contributed by atoms with Crippen LogP contribution in [0.3, 0.4) is 0 Å². The van der Waals surface area contributed by atoms with Crippen molar-refractivity contribution in [3.05, 3.63) is 35.9 Å². The highest BCUT2D eigenvalue weighted by Gasteiger charge is 2.24. The van der Waals surface area contributed by atoms with Gasteiger partial charge in [-0.05, 0) is 56.7 Å². The fraction of sp³-hybridized carbons (Fsp3) is 0.682. The standard InChI is InChI=1S/C22H36N4O/c1-23-22(25(2)15-10-19-11-16-27-17-12-19)24-18-21(26-13-6-7-14-26)20-8-4-3-5-9-20/h3-5,8-9,19,21H,6-7,10-18H2,1-2H3,(H,23,24). The first-order chi connectivity index (χ1) is 13.3. The van der Waals surface area contributed by atoms with E-state index in [2.05, 4.69) is 57.5 Å². The normalized spacial score (nSPS) is 20.6. The monoisotopic (exact) mass is 372 g/mol. The Balaban J connectivity index is 1.54. The summed E-state index contributed by atoms with van der Waals surface area (Å²) < 4.78 is 5.48. The molecule has 0 aromatic heterocycles. The smallest absolute Gasteiger partial charge is 0.193 e. The second kappa shape index (κ2) is 10.7. The molecule has 5 heteroatoms. The molecule has 1 atom stereocenters. The molecule has 1 N–H and O–H groups in total. The second-order valence-corrected chi connectivity index (χ2v) is 7.86. The quantitative estimate of drug-likeness (QED) is 0.590. The molecular weight excluding hydrogens is 336 g/mol. The molecule has 0 spiro atoms. The molecule has 3 rings (SSSR count). The zero-order valence-corrected chi connectivity index (χ0v) is 17.1. The predicted molar refractivity (Wildman–Crippen MR) is 112 cm³/mol. The molecule has 150 valence electrons. The third-order valence-electron chi connectivity index (χ3n) is 6.01. The van der Waals surface area contributed by atoms with E-state index in [-0.39, 0.29) is 0 Å². The highest BCUT2D eigenvalue weighted by atomic mass is 16.5. The average molecular weight is 373 g/mol. The number of hydrogen-bond acceptors (Lipinski definition) is 3. The van der Waals surface area contributed by atoms with Crippen molar-refractivity contribution < 1.29 is 4.74 Å². The van der Waals surface area contributed by atoms with Crippen LogP contribution in [0.15, 0.2) is 35.3 Å². The van der Waals surface area contributed by atoms with Crippen molar-refractivity contribution in [2.75, 3.05) is 53.5 Å². The first-order valence-corrected chi connectivity index (χ1v) is 10.6. The van der Waals surface area contributed by atoms with Crippen molar-refractivity contribution in [2.24, 2.45) is 10.9 Å². The summed E-state index contributed by atoms with van der Waals surface area (Å²) in [6, 6.07) is 11.3. The maximum absolute atomic E-state index is 5.48. The third-order valence-corrected chi connectivity index (χ3v) is 6.01. The first kappa shape index (κ1) is 20.2. The van der Waals surface area contributed by atoms with Gasteiger partial charge in [-0.15, -0.1) is 0 Å². The Kier molecular flexibility index (Phi) is 7.96. The molecular formula is C22H36N4O. The number of likely N-dealkylation sites (tertiary alicyclic amines) is 1. The van der Waals surface area contributed by atoms with E-state index in [1.165, 1.54) is 50.8 Å². The van der Waals surface area contributed by atoms with E-state index < -0.39 is 0 Å². The van der Waals surface area contributed by atoms with Gasteiger partial charge in [-0.2, -0.15) is 0 Å². The van der Waals surface area contributed by atoms with Crippen LogP contribution in [-0.2, 0) is 4.74 Å². The summed E-state index contributed by atoms with van der Waals surface area (Å²) in [6.45, 7) is 6.19. The molecule has 27 heavy (non-hydrogen) atoms. The predicted octanol–water partition coefficient (Wildman–Crippen LogP) is 3.15. The van der Waals surface area contributed by atoms with Gasteiger partial charge < -0.3 is 15.0 Å². The Morgan fingerprint density at radius 3 is 2.59 bits per heavy atom. The van der Waals surface area contributed by atoms with Crippen LogP contribution < -0.4 is 5.32 Å². The van der Waals surface area contributed by atoms with Gasteiger partial charge in [0.1, 0.15) is 0 Å². The van der Waals surface area contributed by atoms with Crippen LogP contribution in [0.25, 0.3) is 0 Å². The molecule has 1 aromatic rings. The van der Waals surface area contributed by atoms with Gasteiger partial charge in [0, 0.05) is 40.4 Å². The second-order valence-electron chi connectivity index (χ2n) is 7.86. The number of hydrogen-bond donors (Lipinski definition) is 1. The van der Waals surface area contributed by atoms with Crippen molar-refractivity contribution in [3.63, 3.8) is 0 Å². The fourth-order valence-corrected chi connectivity index (χ4v) is 4.28. The number of rotatable bonds is 7. The molecule has 0 aliphatic carbocycles. The minimum Gasteiger partial charge on any atom is -0.381 e. The van der Waals surface area contributed by atoms with E-state index in [1.807, 2.05) is 7.05 Å². The molecule has 2 aliphatic rings. The summed E-state index contributed by atoms with van der Waals surface area (Å²) in [4.78, 5) is 9.42. The maximum Gasteiger partial charge on any atom is 0.193 e. The van der Waals surface area contributed by atoms with Crippen LogP contribution in [0.2, 0.25) is 0 Å². The van der Waals surface area contributed by atoms with Gasteiger partial charge >= 0.3 is 0 Å². The zero-order chi connectivity index (χ0) is 18.9. The maximum atomic E-state index is 5.48. The van der Waals surface area contributed by atoms with Crippen molar-refractivity contribution in [3.8, 4) is 0 Å². The van der Waals surface area contributed by atoms with Crippen LogP contribution in [0.1, 0.15) is 43.7 Å². The molecule has 0 radical (unpaired) electrons. The number of guanidine groups is 1. The van der Waals surface area contributed by atoms with Crippen molar-refractivity contribution in [1.82, 2.24) is 15.1 Å². The van der Waals surface area contributed by atoms with Crippen molar-refractivity contribution in [1.29, 1.82) is 0 Å². The van der Waals surface area contributed by atoms with E-state index in [1.54, 1.807) is 0 Å². The number of nitrogens with zero attached hydrogens (tertiary/aromatic N) is 3. The largest absolute Gasteiger partial charge is 0.381 e. The molecule has 2 heterocycles. The molecule has 2 saturated heterocycles. The Morgan fingerprint density at radius 2 is 1.93 bits per heavy atom. The van der Waals surface area contributed by atoms with Gasteiger partial charge in [-0.25, -0.2) is 0 Å². The zero-order valence-electron chi connectivity index (χ0n) is 17.1. The summed E-state index contributed by atoms with van der Waals surface area (Å²) in [5.41, 5.74) is 1.40. The van der Waals surface area contributed by atoms with Gasteiger partial charge in [-0.3, -0.25) is 9.89 Å². The summed E-state index contributed by atoms with van der Waals surface area (Å²) in [5.74, 6) is 1.79. The third kappa shape index (κ3) is 5.94. The summed E-state index contributed by atoms with van der Waals surface area (Å²) in [5, 5.41) is 3.64. The molecule has 0 saturated carbocycles. The molecule has 1 aromatic carbocycles. The lowest BCUT2D eigenvalue weighted by Gasteiger charge is -2.31. The van der Waals surface area contributed by atoms with Crippen LogP contribution in [0.4, 0.5) is 0 Å². The van der Waals surface area contributed by atoms with E-state index >= 15 is 0 Å². The topological polar surface area (TPSA) is 40.1 Å². The SMILES string of the molecule is CN=C(NCC(c1ccccc1)N1CCCC1)N(C)CCC1CCOCC1. The van der Waals surface area contributed by atoms with E-state index in [4.69, 9.17) is 4.74 Å². The van der Waals surface area contributed by atoms with Crippen LogP contribution in [0, 0.1) is 5.92 Å². The first-order valence-electron chi connectivity index (χ1n) is 10.6.